The van der Waals surface area contributed by atoms with Crippen LogP contribution in [0, 0.1) is 0 Å². The van der Waals surface area contributed by atoms with E-state index in [9.17, 15) is 14.4 Å². The van der Waals surface area contributed by atoms with Gasteiger partial charge in [0.1, 0.15) is 12.1 Å². The SMILES string of the molecule is NC(CSCC(=O)O)C(=O)O.NC(N)=NCCCC(N)C(=O)O.O.O.O. The average molecular weight is 407 g/mol. The van der Waals surface area contributed by atoms with Crippen LogP contribution in [0.15, 0.2) is 4.99 Å². The van der Waals surface area contributed by atoms with Crippen LogP contribution in [0.5, 0.6) is 0 Å². The normalized spacial score (nSPS) is 10.8. The highest BCUT2D eigenvalue weighted by Gasteiger charge is 2.11. The summed E-state index contributed by atoms with van der Waals surface area (Å²) in [4.78, 5) is 33.9. The molecule has 2 unspecified atom stereocenters. The molecule has 0 aromatic rings. The van der Waals surface area contributed by atoms with Gasteiger partial charge in [-0.3, -0.25) is 19.4 Å². The molecule has 17 N–H and O–H groups in total. The van der Waals surface area contributed by atoms with E-state index in [0.717, 1.165) is 11.8 Å². The molecule has 0 aliphatic carbocycles. The Balaban J connectivity index is -0.000000102. The van der Waals surface area contributed by atoms with Gasteiger partial charge in [-0.25, -0.2) is 0 Å². The maximum Gasteiger partial charge on any atom is 0.321 e. The third kappa shape index (κ3) is 26.7. The van der Waals surface area contributed by atoms with Crippen LogP contribution in [0.3, 0.4) is 0 Å². The molecule has 0 aliphatic heterocycles. The van der Waals surface area contributed by atoms with Crippen LogP contribution in [0.25, 0.3) is 0 Å². The summed E-state index contributed by atoms with van der Waals surface area (Å²) in [6.45, 7) is 0.420. The second-order valence-corrected chi connectivity index (χ2v) is 5.28. The summed E-state index contributed by atoms with van der Waals surface area (Å²) in [5, 5.41) is 24.8. The van der Waals surface area contributed by atoms with Gasteiger partial charge in [-0.2, -0.15) is 0 Å². The van der Waals surface area contributed by atoms with Gasteiger partial charge in [0.25, 0.3) is 0 Å². The lowest BCUT2D eigenvalue weighted by Crippen LogP contribution is -2.32. The van der Waals surface area contributed by atoms with E-state index in [1.165, 1.54) is 0 Å². The Morgan fingerprint density at radius 2 is 1.38 bits per heavy atom. The van der Waals surface area contributed by atoms with E-state index >= 15 is 0 Å². The van der Waals surface area contributed by atoms with Gasteiger partial charge in [0.15, 0.2) is 5.96 Å². The second kappa shape index (κ2) is 20.9. The molecule has 0 bridgehead atoms. The molecule has 0 saturated carbocycles. The van der Waals surface area contributed by atoms with E-state index in [1.54, 1.807) is 0 Å². The fraction of sp³-hybridized carbons (Fsp3) is 0.636. The number of aliphatic imine (C=N–C) groups is 1. The summed E-state index contributed by atoms with van der Waals surface area (Å²) in [6, 6.07) is -1.79. The number of hydrogen-bond donors (Lipinski definition) is 7. The van der Waals surface area contributed by atoms with Crippen molar-refractivity contribution < 1.29 is 46.1 Å². The number of carboxylic acid groups (broad SMARTS) is 3. The van der Waals surface area contributed by atoms with Crippen LogP contribution in [0.4, 0.5) is 0 Å². The number of carboxylic acids is 3. The quantitative estimate of drug-likeness (QED) is 0.102. The van der Waals surface area contributed by atoms with Gasteiger partial charge in [-0.15, -0.1) is 11.8 Å². The predicted octanol–water partition coefficient (Wildman–Crippen LogP) is -4.81. The number of rotatable bonds is 10. The number of aliphatic carboxylic acids is 3. The molecule has 0 heterocycles. The highest BCUT2D eigenvalue weighted by molar-refractivity contribution is 8.00. The highest BCUT2D eigenvalue weighted by Crippen LogP contribution is 2.00. The molecule has 0 fully saturated rings. The van der Waals surface area contributed by atoms with Crippen molar-refractivity contribution in [2.24, 2.45) is 27.9 Å². The van der Waals surface area contributed by atoms with E-state index < -0.39 is 30.0 Å². The van der Waals surface area contributed by atoms with Crippen LogP contribution in [-0.2, 0) is 14.4 Å². The zero-order valence-electron chi connectivity index (χ0n) is 13.9. The summed E-state index contributed by atoms with van der Waals surface area (Å²) in [6.07, 6.45) is 0.956. The number of guanidine groups is 1. The molecule has 0 aliphatic rings. The molecule has 26 heavy (non-hydrogen) atoms. The number of carbonyl (C=O) groups is 3. The molecular formula is C11H29N5O9S. The average Bonchev–Trinajstić information content (AvgIpc) is 2.43. The van der Waals surface area contributed by atoms with Gasteiger partial charge in [-0.1, -0.05) is 0 Å². The molecule has 0 aromatic heterocycles. The zero-order chi connectivity index (χ0) is 18.4. The van der Waals surface area contributed by atoms with Crippen LogP contribution >= 0.6 is 11.8 Å². The molecular weight excluding hydrogens is 378 g/mol. The van der Waals surface area contributed by atoms with E-state index in [1.807, 2.05) is 0 Å². The Morgan fingerprint density at radius 3 is 1.73 bits per heavy atom. The third-order valence-electron chi connectivity index (χ3n) is 2.12. The van der Waals surface area contributed by atoms with Crippen molar-refractivity contribution in [3.05, 3.63) is 0 Å². The minimum atomic E-state index is -1.11. The van der Waals surface area contributed by atoms with Crippen LogP contribution in [0.2, 0.25) is 0 Å². The first kappa shape index (κ1) is 35.0. The minimum Gasteiger partial charge on any atom is -0.481 e. The topological polar surface area (TPSA) is 323 Å². The zero-order valence-corrected chi connectivity index (χ0v) is 14.7. The van der Waals surface area contributed by atoms with Crippen LogP contribution in [0.1, 0.15) is 12.8 Å². The Labute approximate surface area is 153 Å². The van der Waals surface area contributed by atoms with Crippen LogP contribution in [-0.4, -0.2) is 85.7 Å². The Hall–Kier alpha value is -2.17. The second-order valence-electron chi connectivity index (χ2n) is 4.25. The summed E-state index contributed by atoms with van der Waals surface area (Å²) < 4.78 is 0. The first-order chi connectivity index (χ1) is 10.6. The van der Waals surface area contributed by atoms with Crippen molar-refractivity contribution in [2.75, 3.05) is 18.1 Å². The number of hydrogen-bond acceptors (Lipinski definition) is 7. The van der Waals surface area contributed by atoms with E-state index in [2.05, 4.69) is 4.99 Å². The fourth-order valence-corrected chi connectivity index (χ4v) is 1.68. The molecule has 0 rings (SSSR count). The molecule has 0 radical (unpaired) electrons. The lowest BCUT2D eigenvalue weighted by atomic mass is 10.2. The van der Waals surface area contributed by atoms with Gasteiger partial charge >= 0.3 is 17.9 Å². The van der Waals surface area contributed by atoms with Gasteiger partial charge in [0, 0.05) is 12.3 Å². The van der Waals surface area contributed by atoms with E-state index in [-0.39, 0.29) is 33.9 Å². The summed E-state index contributed by atoms with van der Waals surface area (Å²) in [5.41, 5.74) is 20.4. The largest absolute Gasteiger partial charge is 0.481 e. The third-order valence-corrected chi connectivity index (χ3v) is 3.17. The summed E-state index contributed by atoms with van der Waals surface area (Å²) in [5.74, 6) is -3.04. The van der Waals surface area contributed by atoms with Crippen molar-refractivity contribution in [1.82, 2.24) is 0 Å². The first-order valence-corrected chi connectivity index (χ1v) is 7.55. The lowest BCUT2D eigenvalue weighted by Gasteiger charge is -2.03. The summed E-state index contributed by atoms with van der Waals surface area (Å²) >= 11 is 0.992. The number of nitrogens with zero attached hydrogens (tertiary/aromatic N) is 1. The first-order valence-electron chi connectivity index (χ1n) is 6.39. The minimum absolute atomic E-state index is 0. The molecule has 0 saturated heterocycles. The van der Waals surface area contributed by atoms with Crippen molar-refractivity contribution >= 4 is 35.6 Å². The molecule has 158 valence electrons. The van der Waals surface area contributed by atoms with Gasteiger partial charge < -0.3 is 54.7 Å². The number of thioether (sulfide) groups is 1. The Bertz CT molecular complexity index is 421. The van der Waals surface area contributed by atoms with E-state index in [0.29, 0.717) is 19.4 Å². The fourth-order valence-electron chi connectivity index (χ4n) is 0.987. The molecule has 15 heteroatoms. The standard InChI is InChI=1S/C6H14N4O2.C5H9NO4S.3H2O/c7-4(5(11)12)2-1-3-10-6(8)9;6-3(5(9)10)1-11-2-4(7)8;;;/h4H,1-3,7H2,(H,11,12)(H4,8,9,10);3H,1-2,6H2,(H,7,8)(H,9,10);3*1H2. The van der Waals surface area contributed by atoms with E-state index in [4.69, 9.17) is 38.3 Å². The van der Waals surface area contributed by atoms with Crippen molar-refractivity contribution in [3.8, 4) is 0 Å². The highest BCUT2D eigenvalue weighted by atomic mass is 32.2. The van der Waals surface area contributed by atoms with Crippen molar-refractivity contribution in [2.45, 2.75) is 24.9 Å². The smallest absolute Gasteiger partial charge is 0.321 e. The molecule has 14 nitrogen and oxygen atoms in total. The monoisotopic (exact) mass is 407 g/mol. The molecule has 0 aromatic carbocycles. The van der Waals surface area contributed by atoms with Crippen LogP contribution < -0.4 is 22.9 Å². The molecule has 0 amide bonds. The molecule has 2 atom stereocenters. The predicted molar refractivity (Wildman–Crippen MR) is 96.9 cm³/mol. The van der Waals surface area contributed by atoms with Gasteiger partial charge in [0.05, 0.1) is 5.75 Å². The Kier molecular flexibility index (Phi) is 28.1. The van der Waals surface area contributed by atoms with Crippen molar-refractivity contribution in [3.63, 3.8) is 0 Å². The van der Waals surface area contributed by atoms with Gasteiger partial charge in [-0.05, 0) is 12.8 Å². The molecule has 0 spiro atoms. The maximum atomic E-state index is 10.2. The summed E-state index contributed by atoms with van der Waals surface area (Å²) in [7, 11) is 0. The van der Waals surface area contributed by atoms with Crippen molar-refractivity contribution in [1.29, 1.82) is 0 Å². The Morgan fingerprint density at radius 1 is 0.923 bits per heavy atom. The van der Waals surface area contributed by atoms with Gasteiger partial charge in [0.2, 0.25) is 0 Å². The lowest BCUT2D eigenvalue weighted by molar-refractivity contribution is -0.139. The number of nitrogens with two attached hydrogens (primary N) is 4. The maximum absolute atomic E-state index is 10.2.